The lowest BCUT2D eigenvalue weighted by Gasteiger charge is -2.41. The Kier molecular flexibility index (Phi) is 7.91. The lowest BCUT2D eigenvalue weighted by Crippen LogP contribution is -2.56. The van der Waals surface area contributed by atoms with Crippen molar-refractivity contribution in [3.8, 4) is 5.75 Å². The maximum absolute atomic E-state index is 13.3. The van der Waals surface area contributed by atoms with Gasteiger partial charge >= 0.3 is 0 Å². The van der Waals surface area contributed by atoms with E-state index in [0.717, 1.165) is 19.5 Å². The van der Waals surface area contributed by atoms with Crippen LogP contribution in [0.25, 0.3) is 0 Å². The third-order valence-corrected chi connectivity index (χ3v) is 8.56. The average Bonchev–Trinajstić information content (AvgIpc) is 3.40. The number of aryl methyl sites for hydroxylation is 1. The van der Waals surface area contributed by atoms with Crippen LogP contribution in [-0.4, -0.2) is 71.9 Å². The molecule has 2 aromatic carbocycles. The second-order valence-electron chi connectivity index (χ2n) is 9.97. The molecule has 1 aromatic heterocycles. The van der Waals surface area contributed by atoms with Crippen molar-refractivity contribution in [1.29, 1.82) is 0 Å². The highest BCUT2D eigenvalue weighted by Gasteiger charge is 2.33. The van der Waals surface area contributed by atoms with Gasteiger partial charge in [0.25, 0.3) is 5.91 Å². The van der Waals surface area contributed by atoms with Gasteiger partial charge in [-0.1, -0.05) is 42.5 Å². The molecule has 5 rings (SSSR count). The second-order valence-corrected chi connectivity index (χ2v) is 11.0. The molecule has 194 valence electrons. The fraction of sp³-hybridized carbons (Fsp3) is 0.400. The average molecular weight is 518 g/mol. The van der Waals surface area contributed by atoms with Crippen LogP contribution in [0.1, 0.15) is 41.0 Å². The second kappa shape index (κ2) is 11.5. The SMILES string of the molecule is Cc1ccccc1[C@@H]1c2ccsc2CCN1CCC(=O)N1CCN(C(=O)COc2ccccc2)[C@@H](C)C1. The molecule has 2 atom stereocenters. The van der Waals surface area contributed by atoms with Crippen LogP contribution < -0.4 is 4.74 Å². The monoisotopic (exact) mass is 517 g/mol. The topological polar surface area (TPSA) is 53.1 Å². The predicted octanol–water partition coefficient (Wildman–Crippen LogP) is 4.53. The number of carbonyl (C=O) groups excluding carboxylic acids is 2. The van der Waals surface area contributed by atoms with Gasteiger partial charge in [0.1, 0.15) is 5.75 Å². The zero-order valence-corrected chi connectivity index (χ0v) is 22.5. The molecule has 0 spiro atoms. The predicted molar refractivity (Wildman–Crippen MR) is 147 cm³/mol. The van der Waals surface area contributed by atoms with Crippen LogP contribution in [0.2, 0.25) is 0 Å². The Balaban J connectivity index is 1.17. The van der Waals surface area contributed by atoms with Gasteiger partial charge in [-0.15, -0.1) is 11.3 Å². The van der Waals surface area contributed by atoms with Gasteiger partial charge in [0.05, 0.1) is 6.04 Å². The molecule has 1 fully saturated rings. The lowest BCUT2D eigenvalue weighted by molar-refractivity contribution is -0.144. The molecule has 0 unspecified atom stereocenters. The number of rotatable bonds is 7. The van der Waals surface area contributed by atoms with E-state index in [1.54, 1.807) is 0 Å². The van der Waals surface area contributed by atoms with Crippen LogP contribution in [0, 0.1) is 6.92 Å². The first kappa shape index (κ1) is 25.5. The van der Waals surface area contributed by atoms with Crippen molar-refractivity contribution in [2.75, 3.05) is 39.3 Å². The van der Waals surface area contributed by atoms with Gasteiger partial charge < -0.3 is 14.5 Å². The number of hydrogen-bond acceptors (Lipinski definition) is 5. The van der Waals surface area contributed by atoms with Crippen molar-refractivity contribution in [3.63, 3.8) is 0 Å². The van der Waals surface area contributed by atoms with Gasteiger partial charge in [0, 0.05) is 50.1 Å². The number of benzene rings is 2. The lowest BCUT2D eigenvalue weighted by atomic mass is 9.90. The summed E-state index contributed by atoms with van der Waals surface area (Å²) < 4.78 is 5.65. The summed E-state index contributed by atoms with van der Waals surface area (Å²) in [6, 6.07) is 20.4. The molecular weight excluding hydrogens is 482 g/mol. The Bertz CT molecular complexity index is 1230. The van der Waals surface area contributed by atoms with E-state index in [2.05, 4.69) is 47.5 Å². The van der Waals surface area contributed by atoms with Gasteiger partial charge in [-0.3, -0.25) is 14.5 Å². The van der Waals surface area contributed by atoms with Gasteiger partial charge in [-0.05, 0) is 60.5 Å². The minimum absolute atomic E-state index is 0.0160. The third kappa shape index (κ3) is 5.73. The summed E-state index contributed by atoms with van der Waals surface area (Å²) >= 11 is 1.84. The first-order chi connectivity index (χ1) is 18.0. The number of ether oxygens (including phenoxy) is 1. The number of fused-ring (bicyclic) bond motifs is 1. The quantitative estimate of drug-likeness (QED) is 0.462. The van der Waals surface area contributed by atoms with Crippen molar-refractivity contribution in [2.45, 2.75) is 38.8 Å². The van der Waals surface area contributed by atoms with E-state index in [1.165, 1.54) is 21.6 Å². The van der Waals surface area contributed by atoms with Crippen LogP contribution in [0.3, 0.4) is 0 Å². The summed E-state index contributed by atoms with van der Waals surface area (Å²) in [4.78, 5) is 33.7. The number of para-hydroxylation sites is 1. The highest BCUT2D eigenvalue weighted by molar-refractivity contribution is 7.10. The molecule has 6 nitrogen and oxygen atoms in total. The number of piperazine rings is 1. The van der Waals surface area contributed by atoms with Crippen LogP contribution in [0.15, 0.2) is 66.0 Å². The number of carbonyl (C=O) groups is 2. The van der Waals surface area contributed by atoms with E-state index in [-0.39, 0.29) is 30.5 Å². The molecule has 2 aliphatic heterocycles. The molecule has 0 saturated carbocycles. The first-order valence-electron chi connectivity index (χ1n) is 13.1. The van der Waals surface area contributed by atoms with E-state index in [9.17, 15) is 9.59 Å². The molecule has 2 aliphatic rings. The van der Waals surface area contributed by atoms with Crippen LogP contribution >= 0.6 is 11.3 Å². The normalized spacial score (nSPS) is 19.9. The highest BCUT2D eigenvalue weighted by atomic mass is 32.1. The summed E-state index contributed by atoms with van der Waals surface area (Å²) in [5.41, 5.74) is 4.00. The molecule has 3 aromatic rings. The minimum Gasteiger partial charge on any atom is -0.484 e. The molecule has 37 heavy (non-hydrogen) atoms. The Morgan fingerprint density at radius 2 is 1.73 bits per heavy atom. The van der Waals surface area contributed by atoms with Gasteiger partial charge in [0.15, 0.2) is 6.61 Å². The first-order valence-corrected chi connectivity index (χ1v) is 14.0. The fourth-order valence-corrected chi connectivity index (χ4v) is 6.47. The maximum Gasteiger partial charge on any atom is 0.260 e. The molecule has 3 heterocycles. The van der Waals surface area contributed by atoms with E-state index in [1.807, 2.05) is 58.4 Å². The van der Waals surface area contributed by atoms with E-state index < -0.39 is 0 Å². The summed E-state index contributed by atoms with van der Waals surface area (Å²) in [6.07, 6.45) is 1.52. The van der Waals surface area contributed by atoms with Gasteiger partial charge in [-0.25, -0.2) is 0 Å². The highest BCUT2D eigenvalue weighted by Crippen LogP contribution is 2.38. The molecule has 0 radical (unpaired) electrons. The third-order valence-electron chi connectivity index (χ3n) is 7.57. The van der Waals surface area contributed by atoms with Gasteiger partial charge in [0.2, 0.25) is 5.91 Å². The van der Waals surface area contributed by atoms with Crippen molar-refractivity contribution < 1.29 is 14.3 Å². The summed E-state index contributed by atoms with van der Waals surface area (Å²) in [7, 11) is 0. The zero-order valence-electron chi connectivity index (χ0n) is 21.6. The van der Waals surface area contributed by atoms with E-state index in [0.29, 0.717) is 31.8 Å². The molecule has 2 amide bonds. The molecule has 0 bridgehead atoms. The van der Waals surface area contributed by atoms with Crippen molar-refractivity contribution in [2.24, 2.45) is 0 Å². The van der Waals surface area contributed by atoms with Crippen LogP contribution in [0.5, 0.6) is 5.75 Å². The standard InChI is InChI=1S/C30H35N3O3S/c1-22-8-6-7-11-25(22)30-26-14-19-37-27(26)12-15-31(30)16-13-28(34)32-17-18-33(23(2)20-32)29(35)21-36-24-9-4-3-5-10-24/h3-11,14,19,23,30H,12-13,15-18,20-21H2,1-2H3/t23-,30+/m0/s1. The summed E-state index contributed by atoms with van der Waals surface area (Å²) in [5.74, 6) is 0.817. The Hall–Kier alpha value is -3.16. The number of amides is 2. The number of thiophene rings is 1. The van der Waals surface area contributed by atoms with Gasteiger partial charge in [-0.2, -0.15) is 0 Å². The molecule has 0 N–H and O–H groups in total. The Morgan fingerprint density at radius 1 is 0.946 bits per heavy atom. The zero-order chi connectivity index (χ0) is 25.8. The number of hydrogen-bond donors (Lipinski definition) is 0. The minimum atomic E-state index is -0.0376. The number of nitrogens with zero attached hydrogens (tertiary/aromatic N) is 3. The van der Waals surface area contributed by atoms with Crippen molar-refractivity contribution >= 4 is 23.2 Å². The summed E-state index contributed by atoms with van der Waals surface area (Å²) in [5, 5.41) is 2.19. The smallest absolute Gasteiger partial charge is 0.260 e. The van der Waals surface area contributed by atoms with Crippen molar-refractivity contribution in [1.82, 2.24) is 14.7 Å². The molecule has 1 saturated heterocycles. The van der Waals surface area contributed by atoms with Crippen molar-refractivity contribution in [3.05, 3.63) is 87.6 Å². The molecular formula is C30H35N3O3S. The molecule has 7 heteroatoms. The Labute approximate surface area is 223 Å². The molecule has 0 aliphatic carbocycles. The largest absolute Gasteiger partial charge is 0.484 e. The Morgan fingerprint density at radius 3 is 2.51 bits per heavy atom. The van der Waals surface area contributed by atoms with E-state index >= 15 is 0 Å². The van der Waals surface area contributed by atoms with Crippen LogP contribution in [-0.2, 0) is 16.0 Å². The maximum atomic E-state index is 13.3. The van der Waals surface area contributed by atoms with E-state index in [4.69, 9.17) is 4.74 Å². The fourth-order valence-electron chi connectivity index (χ4n) is 5.56. The van der Waals surface area contributed by atoms with Crippen LogP contribution in [0.4, 0.5) is 0 Å². The summed E-state index contributed by atoms with van der Waals surface area (Å²) in [6.45, 7) is 7.55.